The molecular weight excluding hydrogens is 424 g/mol. The number of carboxylic acid groups (broad SMARTS) is 1. The molecule has 0 aliphatic carbocycles. The molecule has 1 atom stereocenters. The second-order valence-electron chi connectivity index (χ2n) is 7.09. The molecule has 3 aromatic carbocycles. The fourth-order valence-electron chi connectivity index (χ4n) is 3.16. The molecule has 0 aliphatic heterocycles. The maximum absolute atomic E-state index is 12.8. The van der Waals surface area contributed by atoms with Crippen molar-refractivity contribution < 1.29 is 19.5 Å². The molecular formula is C25H24N2O4S. The minimum atomic E-state index is -1.09. The van der Waals surface area contributed by atoms with Crippen molar-refractivity contribution >= 4 is 35.2 Å². The third kappa shape index (κ3) is 5.98. The van der Waals surface area contributed by atoms with Gasteiger partial charge in [-0.1, -0.05) is 54.6 Å². The summed E-state index contributed by atoms with van der Waals surface area (Å²) in [6.07, 6.45) is 2.18. The number of thioether (sulfide) groups is 1. The average Bonchev–Trinajstić information content (AvgIpc) is 2.82. The molecule has 0 bridgehead atoms. The third-order valence-corrected chi connectivity index (χ3v) is 5.53. The average molecular weight is 449 g/mol. The highest BCUT2D eigenvalue weighted by Crippen LogP contribution is 2.21. The van der Waals surface area contributed by atoms with E-state index in [1.54, 1.807) is 36.4 Å². The summed E-state index contributed by atoms with van der Waals surface area (Å²) >= 11 is 1.51. The standard InChI is InChI=1S/C25H24N2O4S/c1-32-16-15-22(25(30)31)27-24(29)20-9-5-6-10-21(20)26-23(28)19-13-11-18(12-14-19)17-7-3-2-4-8-17/h2-14,22H,15-16H2,1H3,(H,26,28)(H,27,29)(H,30,31)/t22-/m0/s1. The van der Waals surface area contributed by atoms with Crippen LogP contribution >= 0.6 is 11.8 Å². The molecule has 0 spiro atoms. The van der Waals surface area contributed by atoms with Gasteiger partial charge in [-0.3, -0.25) is 9.59 Å². The lowest BCUT2D eigenvalue weighted by Crippen LogP contribution is -2.41. The van der Waals surface area contributed by atoms with Crippen LogP contribution in [-0.2, 0) is 4.79 Å². The van der Waals surface area contributed by atoms with Crippen molar-refractivity contribution in [1.29, 1.82) is 0 Å². The Hall–Kier alpha value is -3.58. The molecule has 0 radical (unpaired) electrons. The molecule has 3 N–H and O–H groups in total. The van der Waals surface area contributed by atoms with Gasteiger partial charge in [0.2, 0.25) is 0 Å². The van der Waals surface area contributed by atoms with Gasteiger partial charge >= 0.3 is 5.97 Å². The lowest BCUT2D eigenvalue weighted by atomic mass is 10.0. The van der Waals surface area contributed by atoms with Crippen LogP contribution in [0.2, 0.25) is 0 Å². The zero-order valence-electron chi connectivity index (χ0n) is 17.6. The minimum absolute atomic E-state index is 0.206. The number of nitrogens with one attached hydrogen (secondary N) is 2. The van der Waals surface area contributed by atoms with E-state index in [2.05, 4.69) is 10.6 Å². The Morgan fingerprint density at radius 3 is 2.12 bits per heavy atom. The number of rotatable bonds is 9. The molecule has 164 valence electrons. The highest BCUT2D eigenvalue weighted by Gasteiger charge is 2.22. The molecule has 0 aromatic heterocycles. The fraction of sp³-hybridized carbons (Fsp3) is 0.160. The van der Waals surface area contributed by atoms with Gasteiger partial charge in [0.05, 0.1) is 11.3 Å². The highest BCUT2D eigenvalue weighted by atomic mass is 32.2. The van der Waals surface area contributed by atoms with Crippen LogP contribution in [0.3, 0.4) is 0 Å². The first kappa shape index (κ1) is 23.1. The van der Waals surface area contributed by atoms with E-state index in [-0.39, 0.29) is 11.5 Å². The quantitative estimate of drug-likeness (QED) is 0.447. The van der Waals surface area contributed by atoms with Crippen LogP contribution < -0.4 is 10.6 Å². The Balaban J connectivity index is 1.73. The number of anilines is 1. The second-order valence-corrected chi connectivity index (χ2v) is 8.07. The van der Waals surface area contributed by atoms with Gasteiger partial charge in [-0.05, 0) is 53.8 Å². The summed E-state index contributed by atoms with van der Waals surface area (Å²) in [5.41, 5.74) is 3.01. The molecule has 0 fully saturated rings. The predicted molar refractivity (Wildman–Crippen MR) is 128 cm³/mol. The van der Waals surface area contributed by atoms with Crippen molar-refractivity contribution in [2.45, 2.75) is 12.5 Å². The number of benzene rings is 3. The zero-order chi connectivity index (χ0) is 22.9. The molecule has 0 unspecified atom stereocenters. The Kier molecular flexibility index (Phi) is 8.05. The summed E-state index contributed by atoms with van der Waals surface area (Å²) in [6, 6.07) is 22.6. The Morgan fingerprint density at radius 2 is 1.47 bits per heavy atom. The Labute approximate surface area is 191 Å². The van der Waals surface area contributed by atoms with Crippen LogP contribution in [-0.4, -0.2) is 40.9 Å². The Morgan fingerprint density at radius 1 is 0.844 bits per heavy atom. The van der Waals surface area contributed by atoms with Crippen molar-refractivity contribution in [2.75, 3.05) is 17.3 Å². The van der Waals surface area contributed by atoms with Gasteiger partial charge in [-0.15, -0.1) is 0 Å². The van der Waals surface area contributed by atoms with Crippen molar-refractivity contribution in [3.63, 3.8) is 0 Å². The van der Waals surface area contributed by atoms with Crippen molar-refractivity contribution in [2.24, 2.45) is 0 Å². The summed E-state index contributed by atoms with van der Waals surface area (Å²) in [4.78, 5) is 37.0. The Bertz CT molecular complexity index is 1080. The lowest BCUT2D eigenvalue weighted by molar-refractivity contribution is -0.139. The molecule has 0 saturated heterocycles. The first-order chi connectivity index (χ1) is 15.5. The van der Waals surface area contributed by atoms with Gasteiger partial charge in [0.25, 0.3) is 11.8 Å². The van der Waals surface area contributed by atoms with Crippen LogP contribution in [0, 0.1) is 0 Å². The molecule has 0 saturated carbocycles. The molecule has 2 amide bonds. The highest BCUT2D eigenvalue weighted by molar-refractivity contribution is 7.98. The number of hydrogen-bond donors (Lipinski definition) is 3. The van der Waals surface area contributed by atoms with E-state index in [0.29, 0.717) is 23.4 Å². The maximum atomic E-state index is 12.8. The molecule has 0 heterocycles. The number of hydrogen-bond acceptors (Lipinski definition) is 4. The number of amides is 2. The normalized spacial score (nSPS) is 11.4. The molecule has 6 nitrogen and oxygen atoms in total. The van der Waals surface area contributed by atoms with E-state index < -0.39 is 17.9 Å². The van der Waals surface area contributed by atoms with Gasteiger partial charge < -0.3 is 15.7 Å². The largest absolute Gasteiger partial charge is 0.480 e. The number of carbonyl (C=O) groups excluding carboxylic acids is 2. The fourth-order valence-corrected chi connectivity index (χ4v) is 3.63. The summed E-state index contributed by atoms with van der Waals surface area (Å²) in [5.74, 6) is -1.39. The van der Waals surface area contributed by atoms with E-state index >= 15 is 0 Å². The van der Waals surface area contributed by atoms with E-state index in [1.165, 1.54) is 11.8 Å². The first-order valence-corrected chi connectivity index (χ1v) is 11.5. The van der Waals surface area contributed by atoms with E-state index in [4.69, 9.17) is 0 Å². The predicted octanol–water partition coefficient (Wildman–Crippen LogP) is 4.54. The number of para-hydroxylation sites is 1. The smallest absolute Gasteiger partial charge is 0.326 e. The molecule has 3 rings (SSSR count). The number of carboxylic acids is 1. The monoisotopic (exact) mass is 448 g/mol. The van der Waals surface area contributed by atoms with Gasteiger partial charge in [0.1, 0.15) is 6.04 Å². The zero-order valence-corrected chi connectivity index (χ0v) is 18.4. The molecule has 3 aromatic rings. The van der Waals surface area contributed by atoms with Gasteiger partial charge in [-0.25, -0.2) is 4.79 Å². The van der Waals surface area contributed by atoms with Crippen LogP contribution in [0.5, 0.6) is 0 Å². The maximum Gasteiger partial charge on any atom is 0.326 e. The van der Waals surface area contributed by atoms with Crippen LogP contribution in [0.1, 0.15) is 27.1 Å². The van der Waals surface area contributed by atoms with Crippen LogP contribution in [0.4, 0.5) is 5.69 Å². The SMILES string of the molecule is CSCC[C@H](NC(=O)c1ccccc1NC(=O)c1ccc(-c2ccccc2)cc1)C(=O)O. The minimum Gasteiger partial charge on any atom is -0.480 e. The van der Waals surface area contributed by atoms with E-state index in [9.17, 15) is 19.5 Å². The van der Waals surface area contributed by atoms with Crippen LogP contribution in [0.15, 0.2) is 78.9 Å². The van der Waals surface area contributed by atoms with Gasteiger partial charge in [-0.2, -0.15) is 11.8 Å². The summed E-state index contributed by atoms with van der Waals surface area (Å²) in [6.45, 7) is 0. The number of aliphatic carboxylic acids is 1. The molecule has 0 aliphatic rings. The van der Waals surface area contributed by atoms with Gasteiger partial charge in [0, 0.05) is 5.56 Å². The van der Waals surface area contributed by atoms with Crippen molar-refractivity contribution in [3.8, 4) is 11.1 Å². The lowest BCUT2D eigenvalue weighted by Gasteiger charge is -2.16. The summed E-state index contributed by atoms with van der Waals surface area (Å²) in [5, 5.41) is 14.7. The number of carbonyl (C=O) groups is 3. The van der Waals surface area contributed by atoms with Crippen LogP contribution in [0.25, 0.3) is 11.1 Å². The second kappa shape index (κ2) is 11.2. The first-order valence-electron chi connectivity index (χ1n) is 10.1. The molecule has 7 heteroatoms. The van der Waals surface area contributed by atoms with Crippen molar-refractivity contribution in [1.82, 2.24) is 5.32 Å². The van der Waals surface area contributed by atoms with E-state index in [0.717, 1.165) is 11.1 Å². The summed E-state index contributed by atoms with van der Waals surface area (Å²) < 4.78 is 0. The topological polar surface area (TPSA) is 95.5 Å². The third-order valence-electron chi connectivity index (χ3n) is 4.89. The van der Waals surface area contributed by atoms with Gasteiger partial charge in [0.15, 0.2) is 0 Å². The molecule has 32 heavy (non-hydrogen) atoms. The summed E-state index contributed by atoms with van der Waals surface area (Å²) in [7, 11) is 0. The van der Waals surface area contributed by atoms with E-state index in [1.807, 2.05) is 48.7 Å². The van der Waals surface area contributed by atoms with Crippen molar-refractivity contribution in [3.05, 3.63) is 90.0 Å².